The molecule has 6 atom stereocenters. The van der Waals surface area contributed by atoms with Gasteiger partial charge in [0.15, 0.2) is 46.0 Å². The highest BCUT2D eigenvalue weighted by molar-refractivity contribution is 5.52. The van der Waals surface area contributed by atoms with Crippen LogP contribution >= 0.6 is 0 Å². The monoisotopic (exact) mass is 696 g/mol. The molecule has 0 unspecified atom stereocenters. The normalized spacial score (nSPS) is 27.8. The second-order valence-corrected chi connectivity index (χ2v) is 13.6. The number of epoxide rings is 1. The van der Waals surface area contributed by atoms with Crippen molar-refractivity contribution in [1.82, 2.24) is 0 Å². The van der Waals surface area contributed by atoms with Crippen LogP contribution in [0.15, 0.2) is 83.9 Å². The fraction of sp³-hybridized carbons (Fsp3) is 0.350. The highest BCUT2D eigenvalue weighted by atomic mass is 16.6. The summed E-state index contributed by atoms with van der Waals surface area (Å²) in [5.74, 6) is 1.45. The van der Waals surface area contributed by atoms with Gasteiger partial charge in [-0.3, -0.25) is 0 Å². The Hall–Kier alpha value is -5.10. The van der Waals surface area contributed by atoms with Gasteiger partial charge < -0.3 is 53.6 Å². The van der Waals surface area contributed by atoms with E-state index in [0.717, 1.165) is 33.4 Å². The minimum absolute atomic E-state index is 0.00425. The van der Waals surface area contributed by atoms with Gasteiger partial charge in [-0.05, 0) is 101 Å². The zero-order chi connectivity index (χ0) is 35.7. The van der Waals surface area contributed by atoms with Gasteiger partial charge in [0.2, 0.25) is 0 Å². The first-order chi connectivity index (χ1) is 24.7. The molecule has 51 heavy (non-hydrogen) atoms. The molecule has 11 heteroatoms. The van der Waals surface area contributed by atoms with Crippen molar-refractivity contribution in [2.24, 2.45) is 5.41 Å². The van der Waals surface area contributed by atoms with Crippen LogP contribution < -0.4 is 18.9 Å². The summed E-state index contributed by atoms with van der Waals surface area (Å²) in [5, 5.41) is 42.3. The maximum Gasteiger partial charge on any atom is 0.160 e. The van der Waals surface area contributed by atoms with Crippen LogP contribution in [0.25, 0.3) is 0 Å². The van der Waals surface area contributed by atoms with Gasteiger partial charge in [-0.1, -0.05) is 24.3 Å². The Balaban J connectivity index is 1.29. The van der Waals surface area contributed by atoms with Crippen LogP contribution in [0.3, 0.4) is 0 Å². The molecule has 11 nitrogen and oxygen atoms in total. The van der Waals surface area contributed by atoms with E-state index in [1.165, 1.54) is 28.4 Å². The summed E-state index contributed by atoms with van der Waals surface area (Å²) in [4.78, 5) is 0. The summed E-state index contributed by atoms with van der Waals surface area (Å²) >= 11 is 0. The third kappa shape index (κ3) is 5.05. The van der Waals surface area contributed by atoms with Crippen molar-refractivity contribution < 1.29 is 53.6 Å². The molecule has 3 aliphatic heterocycles. The summed E-state index contributed by atoms with van der Waals surface area (Å²) in [6.45, 7) is 0.444. The summed E-state index contributed by atoms with van der Waals surface area (Å²) in [6.07, 6.45) is -0.122. The van der Waals surface area contributed by atoms with Gasteiger partial charge in [0.25, 0.3) is 0 Å². The minimum Gasteiger partial charge on any atom is -0.504 e. The molecule has 0 radical (unpaired) electrons. The van der Waals surface area contributed by atoms with Crippen LogP contribution in [-0.4, -0.2) is 61.1 Å². The van der Waals surface area contributed by atoms with E-state index in [1.807, 2.05) is 24.3 Å². The zero-order valence-electron chi connectivity index (χ0n) is 28.7. The molecule has 0 aromatic heterocycles. The molecular weight excluding hydrogens is 656 g/mol. The van der Waals surface area contributed by atoms with E-state index in [4.69, 9.17) is 33.2 Å². The van der Waals surface area contributed by atoms with Gasteiger partial charge in [0.05, 0.1) is 41.2 Å². The lowest BCUT2D eigenvalue weighted by Gasteiger charge is -2.42. The minimum atomic E-state index is -0.745. The van der Waals surface area contributed by atoms with E-state index in [1.54, 1.807) is 48.5 Å². The van der Waals surface area contributed by atoms with Crippen LogP contribution in [0.4, 0.5) is 0 Å². The highest BCUT2D eigenvalue weighted by Crippen LogP contribution is 2.74. The number of methoxy groups -OCH3 is 4. The van der Waals surface area contributed by atoms with Gasteiger partial charge in [0.1, 0.15) is 23.9 Å². The molecule has 4 aliphatic rings. The largest absolute Gasteiger partial charge is 0.504 e. The molecule has 0 amide bonds. The predicted molar refractivity (Wildman–Crippen MR) is 184 cm³/mol. The maximum absolute atomic E-state index is 11.0. The molecule has 2 fully saturated rings. The van der Waals surface area contributed by atoms with E-state index >= 15 is 0 Å². The van der Waals surface area contributed by atoms with Crippen molar-refractivity contribution in [3.63, 3.8) is 0 Å². The summed E-state index contributed by atoms with van der Waals surface area (Å²) < 4.78 is 42.4. The first kappa shape index (κ1) is 33.1. The van der Waals surface area contributed by atoms with Gasteiger partial charge in [-0.25, -0.2) is 0 Å². The maximum atomic E-state index is 11.0. The van der Waals surface area contributed by atoms with Gasteiger partial charge in [-0.2, -0.15) is 0 Å². The topological polar surface area (TPSA) is 149 Å². The quantitative estimate of drug-likeness (QED) is 0.110. The Kier molecular flexibility index (Phi) is 7.97. The number of hydrogen-bond acceptors (Lipinski definition) is 11. The van der Waals surface area contributed by atoms with Crippen molar-refractivity contribution in [2.75, 3.05) is 35.0 Å². The SMILES string of the molecule is COc1ccc([C@@H]2O[C@H](c3ccc(O)c(OC)c3)[C@]3(CO3)[C@@]23CCC2=C(C3)[C@@H](c3ccc(O)c(OC)c3)O[C@H]2c2ccc(O)c(OC)c2)cc1O. The van der Waals surface area contributed by atoms with Crippen molar-refractivity contribution in [3.8, 4) is 46.0 Å². The van der Waals surface area contributed by atoms with Crippen LogP contribution in [0.2, 0.25) is 0 Å². The van der Waals surface area contributed by atoms with Crippen molar-refractivity contribution >= 4 is 0 Å². The molecule has 4 aromatic carbocycles. The molecule has 266 valence electrons. The van der Waals surface area contributed by atoms with Gasteiger partial charge in [-0.15, -0.1) is 0 Å². The van der Waals surface area contributed by atoms with E-state index in [9.17, 15) is 20.4 Å². The lowest BCUT2D eigenvalue weighted by molar-refractivity contribution is 0.00311. The van der Waals surface area contributed by atoms with Gasteiger partial charge >= 0.3 is 0 Å². The standard InChI is InChI=1S/C40H40O11/c1-45-31-12-8-23(15-30(31)44)37-39(40(20-49-40)38(51-37)24-7-11-29(43)34(18-24)48-4)14-13-25-26(19-39)36(22-6-10-28(42)33(17-22)47-3)50-35(25)21-5-9-27(41)32(16-21)46-2/h5-12,15-18,35-38,41-44H,13-14,19-20H2,1-4H3/t35-,36+,37-,38+,39+,40+/m0/s1. The molecule has 0 saturated carbocycles. The smallest absolute Gasteiger partial charge is 0.160 e. The third-order valence-electron chi connectivity index (χ3n) is 11.2. The Labute approximate surface area is 295 Å². The van der Waals surface area contributed by atoms with Crippen LogP contribution in [0.1, 0.15) is 65.9 Å². The first-order valence-corrected chi connectivity index (χ1v) is 16.8. The van der Waals surface area contributed by atoms with Crippen molar-refractivity contribution in [2.45, 2.75) is 49.3 Å². The number of ether oxygens (including phenoxy) is 7. The summed E-state index contributed by atoms with van der Waals surface area (Å²) in [7, 11) is 6.05. The number of aromatic hydroxyl groups is 4. The Morgan fingerprint density at radius 3 is 1.57 bits per heavy atom. The molecule has 3 heterocycles. The summed E-state index contributed by atoms with van der Waals surface area (Å²) in [6, 6.07) is 21.1. The predicted octanol–water partition coefficient (Wildman–Crippen LogP) is 7.10. The fourth-order valence-corrected chi connectivity index (χ4v) is 8.63. The number of hydrogen-bond donors (Lipinski definition) is 4. The van der Waals surface area contributed by atoms with Crippen LogP contribution in [0, 0.1) is 5.41 Å². The molecule has 2 spiro atoms. The number of fused-ring (bicyclic) bond motifs is 1. The van der Waals surface area contributed by atoms with E-state index < -0.39 is 35.4 Å². The highest BCUT2D eigenvalue weighted by Gasteiger charge is 2.75. The number of phenolic OH excluding ortho intramolecular Hbond substituents is 4. The molecule has 0 bridgehead atoms. The fourth-order valence-electron chi connectivity index (χ4n) is 8.63. The van der Waals surface area contributed by atoms with Crippen LogP contribution in [0.5, 0.6) is 46.0 Å². The number of rotatable bonds is 8. The second kappa shape index (κ2) is 12.3. The molecule has 2 saturated heterocycles. The average molecular weight is 697 g/mol. The average Bonchev–Trinajstić information content (AvgIpc) is 3.81. The Morgan fingerprint density at radius 1 is 0.549 bits per heavy atom. The van der Waals surface area contributed by atoms with Gasteiger partial charge in [0, 0.05) is 5.41 Å². The lowest BCUT2D eigenvalue weighted by atomic mass is 9.59. The van der Waals surface area contributed by atoms with E-state index in [-0.39, 0.29) is 23.0 Å². The zero-order valence-corrected chi connectivity index (χ0v) is 28.7. The third-order valence-corrected chi connectivity index (χ3v) is 11.2. The van der Waals surface area contributed by atoms with E-state index in [2.05, 4.69) is 0 Å². The summed E-state index contributed by atoms with van der Waals surface area (Å²) in [5.41, 5.74) is 4.05. The second-order valence-electron chi connectivity index (χ2n) is 13.6. The Bertz CT molecular complexity index is 2040. The number of phenols is 4. The molecular formula is C40H40O11. The lowest BCUT2D eigenvalue weighted by Crippen LogP contribution is -2.42. The first-order valence-electron chi connectivity index (χ1n) is 16.8. The molecule has 8 rings (SSSR count). The van der Waals surface area contributed by atoms with E-state index in [0.29, 0.717) is 48.9 Å². The Morgan fingerprint density at radius 2 is 1.04 bits per heavy atom. The van der Waals surface area contributed by atoms with Crippen molar-refractivity contribution in [3.05, 3.63) is 106 Å². The van der Waals surface area contributed by atoms with Crippen LogP contribution in [-0.2, 0) is 14.2 Å². The van der Waals surface area contributed by atoms with Crippen molar-refractivity contribution in [1.29, 1.82) is 0 Å². The molecule has 4 N–H and O–H groups in total. The molecule has 4 aromatic rings. The number of benzene rings is 4. The molecule has 1 aliphatic carbocycles.